The van der Waals surface area contributed by atoms with Gasteiger partial charge in [0.25, 0.3) is 0 Å². The number of nitrogens with one attached hydrogen (secondary N) is 1. The molecule has 0 aromatic rings. The molecule has 1 N–H and O–H groups in total. The first-order valence-corrected chi connectivity index (χ1v) is 5.92. The van der Waals surface area contributed by atoms with Crippen LogP contribution < -0.4 is 4.72 Å². The Kier molecular flexibility index (Phi) is 3.99. The van der Waals surface area contributed by atoms with Crippen LogP contribution in [0.2, 0.25) is 0 Å². The Hall–Kier alpha value is -0.490. The fourth-order valence-electron chi connectivity index (χ4n) is 0.443. The number of hydrogen-bond acceptors (Lipinski definition) is 4. The number of ether oxygens (including phenoxy) is 1. The van der Waals surface area contributed by atoms with E-state index in [-0.39, 0.29) is 0 Å². The highest BCUT2D eigenvalue weighted by Gasteiger charge is 2.22. The highest BCUT2D eigenvalue weighted by atomic mass is 35.7. The molecule has 13 heavy (non-hydrogen) atoms. The van der Waals surface area contributed by atoms with Gasteiger partial charge in [0.1, 0.15) is 5.60 Å². The van der Waals surface area contributed by atoms with Gasteiger partial charge in [0.05, 0.1) is 0 Å². The van der Waals surface area contributed by atoms with Crippen molar-refractivity contribution in [2.24, 2.45) is 0 Å². The molecule has 0 atom stereocenters. The van der Waals surface area contributed by atoms with Crippen molar-refractivity contribution >= 4 is 26.0 Å². The minimum atomic E-state index is -4.06. The lowest BCUT2D eigenvalue weighted by atomic mass is 10.1. The van der Waals surface area contributed by atoms with Gasteiger partial charge in [-0.25, -0.2) is 9.52 Å². The maximum Gasteiger partial charge on any atom is 0.422 e. The fraction of sp³-hybridized carbons (Fsp3) is 0.833. The molecule has 0 aliphatic rings. The predicted molar refractivity (Wildman–Crippen MR) is 48.8 cm³/mol. The summed E-state index contributed by atoms with van der Waals surface area (Å²) >= 11 is 0. The van der Waals surface area contributed by atoms with Crippen molar-refractivity contribution in [1.82, 2.24) is 4.72 Å². The molecule has 0 unspecified atom stereocenters. The molecule has 0 saturated carbocycles. The summed E-state index contributed by atoms with van der Waals surface area (Å²) in [5.74, 6) is 0. The Balaban J connectivity index is 4.19. The SMILES string of the molecule is CCC(C)(C)OC(=O)NS(=O)(=O)Cl. The second-order valence-corrected chi connectivity index (χ2v) is 5.34. The number of rotatable bonds is 3. The van der Waals surface area contributed by atoms with Gasteiger partial charge in [-0.3, -0.25) is 0 Å². The molecule has 0 aromatic heterocycles. The van der Waals surface area contributed by atoms with Crippen molar-refractivity contribution in [3.8, 4) is 0 Å². The van der Waals surface area contributed by atoms with Crippen LogP contribution >= 0.6 is 10.7 Å². The molecule has 0 aromatic carbocycles. The van der Waals surface area contributed by atoms with Crippen LogP contribution in [0.4, 0.5) is 4.79 Å². The van der Waals surface area contributed by atoms with Crippen LogP contribution in [0.5, 0.6) is 0 Å². The molecular formula is C6H12ClNO4S. The second-order valence-electron chi connectivity index (χ2n) is 3.04. The summed E-state index contributed by atoms with van der Waals surface area (Å²) in [6, 6.07) is 0. The fourth-order valence-corrected chi connectivity index (χ4v) is 0.873. The predicted octanol–water partition coefficient (Wildman–Crippen LogP) is 1.38. The maximum atomic E-state index is 10.8. The second kappa shape index (κ2) is 4.15. The molecule has 78 valence electrons. The number of halogens is 1. The highest BCUT2D eigenvalue weighted by Crippen LogP contribution is 2.13. The lowest BCUT2D eigenvalue weighted by Crippen LogP contribution is -2.35. The highest BCUT2D eigenvalue weighted by molar-refractivity contribution is 8.12. The van der Waals surface area contributed by atoms with E-state index in [1.807, 2.05) is 6.92 Å². The van der Waals surface area contributed by atoms with E-state index in [0.29, 0.717) is 6.42 Å². The van der Waals surface area contributed by atoms with E-state index in [2.05, 4.69) is 0 Å². The molecular weight excluding hydrogens is 218 g/mol. The van der Waals surface area contributed by atoms with Crippen LogP contribution in [0.1, 0.15) is 27.2 Å². The minimum absolute atomic E-state index is 0.572. The standard InChI is InChI=1S/C6H12ClNO4S/c1-4-6(2,3)12-5(9)8-13(7,10)11/h4H2,1-3H3,(H,8,9). The van der Waals surface area contributed by atoms with Gasteiger partial charge in [0, 0.05) is 10.7 Å². The quantitative estimate of drug-likeness (QED) is 0.743. The molecule has 0 heterocycles. The Morgan fingerprint density at radius 3 is 2.31 bits per heavy atom. The third-order valence-electron chi connectivity index (χ3n) is 1.43. The molecule has 0 bridgehead atoms. The van der Waals surface area contributed by atoms with Crippen LogP contribution in [0, 0.1) is 0 Å². The van der Waals surface area contributed by atoms with Crippen LogP contribution in [0.25, 0.3) is 0 Å². The van der Waals surface area contributed by atoms with E-state index >= 15 is 0 Å². The van der Waals surface area contributed by atoms with Gasteiger partial charge in [-0.1, -0.05) is 6.92 Å². The summed E-state index contributed by atoms with van der Waals surface area (Å²) in [7, 11) is 0.704. The number of amides is 1. The first kappa shape index (κ1) is 12.5. The van der Waals surface area contributed by atoms with E-state index in [1.54, 1.807) is 13.8 Å². The van der Waals surface area contributed by atoms with Gasteiger partial charge in [-0.2, -0.15) is 8.42 Å². The Bertz CT molecular complexity index is 285. The zero-order chi connectivity index (χ0) is 10.7. The van der Waals surface area contributed by atoms with Crippen LogP contribution in [-0.4, -0.2) is 20.1 Å². The van der Waals surface area contributed by atoms with E-state index in [1.165, 1.54) is 4.72 Å². The van der Waals surface area contributed by atoms with Crippen molar-refractivity contribution in [2.75, 3.05) is 0 Å². The summed E-state index contributed by atoms with van der Waals surface area (Å²) < 4.78 is 27.0. The van der Waals surface area contributed by atoms with E-state index in [0.717, 1.165) is 0 Å². The number of carbonyl (C=O) groups excluding carboxylic acids is 1. The van der Waals surface area contributed by atoms with E-state index in [4.69, 9.17) is 15.4 Å². The Morgan fingerprint density at radius 2 is 2.00 bits per heavy atom. The maximum absolute atomic E-state index is 10.8. The van der Waals surface area contributed by atoms with Gasteiger partial charge in [0.15, 0.2) is 0 Å². The summed E-state index contributed by atoms with van der Waals surface area (Å²) in [6.45, 7) is 5.13. The van der Waals surface area contributed by atoms with E-state index in [9.17, 15) is 13.2 Å². The topological polar surface area (TPSA) is 72.5 Å². The van der Waals surface area contributed by atoms with Crippen molar-refractivity contribution in [2.45, 2.75) is 32.8 Å². The minimum Gasteiger partial charge on any atom is -0.443 e. The summed E-state index contributed by atoms with van der Waals surface area (Å²) in [5, 5.41) is 0. The summed E-state index contributed by atoms with van der Waals surface area (Å²) in [6.07, 6.45) is -0.496. The molecule has 0 aliphatic heterocycles. The lowest BCUT2D eigenvalue weighted by molar-refractivity contribution is 0.0403. The molecule has 0 spiro atoms. The average Bonchev–Trinajstić information content (AvgIpc) is 1.81. The number of carbonyl (C=O) groups is 1. The van der Waals surface area contributed by atoms with Crippen LogP contribution in [0.3, 0.4) is 0 Å². The van der Waals surface area contributed by atoms with Gasteiger partial charge in [0.2, 0.25) is 0 Å². The average molecular weight is 230 g/mol. The zero-order valence-corrected chi connectivity index (χ0v) is 9.20. The molecule has 0 aliphatic carbocycles. The first-order chi connectivity index (χ1) is 5.66. The van der Waals surface area contributed by atoms with Gasteiger partial charge >= 0.3 is 15.3 Å². The van der Waals surface area contributed by atoms with Gasteiger partial charge < -0.3 is 4.74 Å². The molecule has 0 fully saturated rings. The normalized spacial score (nSPS) is 12.3. The summed E-state index contributed by atoms with van der Waals surface area (Å²) in [5.41, 5.74) is -0.703. The zero-order valence-electron chi connectivity index (χ0n) is 7.63. The number of hydrogen-bond donors (Lipinski definition) is 1. The van der Waals surface area contributed by atoms with Crippen molar-refractivity contribution in [1.29, 1.82) is 0 Å². The smallest absolute Gasteiger partial charge is 0.422 e. The third-order valence-corrected chi connectivity index (χ3v) is 2.07. The van der Waals surface area contributed by atoms with E-state index < -0.39 is 20.9 Å². The van der Waals surface area contributed by atoms with Crippen molar-refractivity contribution in [3.63, 3.8) is 0 Å². The molecule has 1 amide bonds. The van der Waals surface area contributed by atoms with Crippen LogP contribution in [-0.2, 0) is 14.0 Å². The molecule has 0 saturated heterocycles. The Labute approximate surface area is 82.0 Å². The largest absolute Gasteiger partial charge is 0.443 e. The molecule has 5 nitrogen and oxygen atoms in total. The van der Waals surface area contributed by atoms with Crippen molar-refractivity contribution in [3.05, 3.63) is 0 Å². The summed E-state index contributed by atoms with van der Waals surface area (Å²) in [4.78, 5) is 10.8. The van der Waals surface area contributed by atoms with Crippen molar-refractivity contribution < 1.29 is 17.9 Å². The Morgan fingerprint density at radius 1 is 1.54 bits per heavy atom. The third kappa shape index (κ3) is 6.65. The van der Waals surface area contributed by atoms with Crippen LogP contribution in [0.15, 0.2) is 0 Å². The molecule has 0 radical (unpaired) electrons. The van der Waals surface area contributed by atoms with Gasteiger partial charge in [-0.05, 0) is 20.3 Å². The molecule has 0 rings (SSSR count). The monoisotopic (exact) mass is 229 g/mol. The first-order valence-electron chi connectivity index (χ1n) is 3.61. The molecule has 7 heteroatoms. The van der Waals surface area contributed by atoms with Gasteiger partial charge in [-0.15, -0.1) is 0 Å². The lowest BCUT2D eigenvalue weighted by Gasteiger charge is -2.22.